The first kappa shape index (κ1) is 14.6. The number of hydrogen-bond donors (Lipinski definition) is 1. The fourth-order valence-corrected chi connectivity index (χ4v) is 3.17. The molecule has 0 fully saturated rings. The number of nitrogens with one attached hydrogen (secondary N) is 1. The summed E-state index contributed by atoms with van der Waals surface area (Å²) in [6, 6.07) is 11.4. The van der Waals surface area contributed by atoms with E-state index in [1.807, 2.05) is 6.07 Å². The molecule has 1 amide bonds. The maximum absolute atomic E-state index is 12.1. The Labute approximate surface area is 137 Å². The third kappa shape index (κ3) is 2.97. The number of rotatable bonds is 3. The number of nitrogens with zero attached hydrogens (tertiary/aromatic N) is 2. The summed E-state index contributed by atoms with van der Waals surface area (Å²) >= 11 is 4.51. The van der Waals surface area contributed by atoms with Gasteiger partial charge in [0.1, 0.15) is 0 Å². The third-order valence-electron chi connectivity index (χ3n) is 2.89. The molecule has 0 unspecified atom stereocenters. The minimum atomic E-state index is -0.459. The molecule has 0 saturated carbocycles. The molecule has 22 heavy (non-hydrogen) atoms. The number of amides is 1. The molecular weight excluding hydrogens is 370 g/mol. The fraction of sp³-hybridized carbons (Fsp3) is 0. The number of fused-ring (bicyclic) bond motifs is 1. The van der Waals surface area contributed by atoms with Crippen LogP contribution in [0, 0.1) is 10.1 Å². The Bertz CT molecular complexity index is 894. The molecule has 0 spiro atoms. The van der Waals surface area contributed by atoms with Crippen LogP contribution in [0.4, 0.5) is 10.8 Å². The van der Waals surface area contributed by atoms with Crippen molar-refractivity contribution in [3.05, 3.63) is 62.6 Å². The molecule has 3 aromatic rings. The number of halogens is 1. The van der Waals surface area contributed by atoms with Crippen molar-refractivity contribution < 1.29 is 9.72 Å². The number of anilines is 1. The molecule has 1 aromatic heterocycles. The Morgan fingerprint density at radius 2 is 2.09 bits per heavy atom. The van der Waals surface area contributed by atoms with E-state index in [4.69, 9.17) is 0 Å². The number of nitro groups is 1. The van der Waals surface area contributed by atoms with E-state index in [9.17, 15) is 14.9 Å². The highest BCUT2D eigenvalue weighted by atomic mass is 79.9. The maximum atomic E-state index is 12.1. The SMILES string of the molecule is O=C(Nc1nc2ccc([N+](=O)[O-])cc2s1)c1cccc(Br)c1. The van der Waals surface area contributed by atoms with Crippen LogP contribution in [0.3, 0.4) is 0 Å². The number of benzene rings is 2. The highest BCUT2D eigenvalue weighted by molar-refractivity contribution is 9.10. The first-order chi connectivity index (χ1) is 10.5. The lowest BCUT2D eigenvalue weighted by Crippen LogP contribution is -2.11. The second-order valence-corrected chi connectivity index (χ2v) is 6.34. The number of hydrogen-bond acceptors (Lipinski definition) is 5. The van der Waals surface area contributed by atoms with Crippen molar-refractivity contribution in [3.63, 3.8) is 0 Å². The lowest BCUT2D eigenvalue weighted by atomic mass is 10.2. The standard InChI is InChI=1S/C14H8BrN3O3S/c15-9-3-1-2-8(6-9)13(19)17-14-16-11-5-4-10(18(20)21)7-12(11)22-14/h1-7H,(H,16,17,19). The summed E-state index contributed by atoms with van der Waals surface area (Å²) in [5, 5.41) is 13.9. The Kier molecular flexibility index (Phi) is 3.86. The zero-order valence-electron chi connectivity index (χ0n) is 10.9. The van der Waals surface area contributed by atoms with E-state index in [1.165, 1.54) is 23.5 Å². The molecule has 6 nitrogen and oxygen atoms in total. The van der Waals surface area contributed by atoms with Gasteiger partial charge in [0.15, 0.2) is 5.13 Å². The molecule has 0 aliphatic heterocycles. The van der Waals surface area contributed by atoms with Crippen LogP contribution in [0.1, 0.15) is 10.4 Å². The fourth-order valence-electron chi connectivity index (χ4n) is 1.88. The Balaban J connectivity index is 1.87. The first-order valence-electron chi connectivity index (χ1n) is 6.15. The van der Waals surface area contributed by atoms with Gasteiger partial charge in [0, 0.05) is 22.2 Å². The van der Waals surface area contributed by atoms with Gasteiger partial charge in [0.2, 0.25) is 0 Å². The van der Waals surface area contributed by atoms with Gasteiger partial charge in [-0.05, 0) is 24.3 Å². The molecule has 0 bridgehead atoms. The van der Waals surface area contributed by atoms with Crippen LogP contribution in [0.15, 0.2) is 46.9 Å². The molecular formula is C14H8BrN3O3S. The molecule has 110 valence electrons. The molecule has 0 saturated heterocycles. The highest BCUT2D eigenvalue weighted by Crippen LogP contribution is 2.29. The van der Waals surface area contributed by atoms with Gasteiger partial charge in [-0.3, -0.25) is 20.2 Å². The van der Waals surface area contributed by atoms with E-state index in [0.717, 1.165) is 4.47 Å². The second kappa shape index (κ2) is 5.82. The lowest BCUT2D eigenvalue weighted by Gasteiger charge is -2.01. The quantitative estimate of drug-likeness (QED) is 0.546. The predicted octanol–water partition coefficient (Wildman–Crippen LogP) is 4.22. The molecule has 1 heterocycles. The average molecular weight is 378 g/mol. The van der Waals surface area contributed by atoms with Crippen LogP contribution in [0.2, 0.25) is 0 Å². The summed E-state index contributed by atoms with van der Waals surface area (Å²) in [7, 11) is 0. The van der Waals surface area contributed by atoms with Gasteiger partial charge in [-0.2, -0.15) is 0 Å². The van der Waals surface area contributed by atoms with Crippen LogP contribution in [0.25, 0.3) is 10.2 Å². The van der Waals surface area contributed by atoms with Crippen molar-refractivity contribution in [3.8, 4) is 0 Å². The lowest BCUT2D eigenvalue weighted by molar-refractivity contribution is -0.384. The van der Waals surface area contributed by atoms with Gasteiger partial charge in [-0.25, -0.2) is 4.98 Å². The Morgan fingerprint density at radius 1 is 1.27 bits per heavy atom. The summed E-state index contributed by atoms with van der Waals surface area (Å²) in [4.78, 5) is 26.7. The summed E-state index contributed by atoms with van der Waals surface area (Å²) in [6.07, 6.45) is 0. The molecule has 1 N–H and O–H groups in total. The molecule has 0 aliphatic rings. The Morgan fingerprint density at radius 3 is 2.82 bits per heavy atom. The Hall–Kier alpha value is -2.32. The number of carbonyl (C=O) groups excluding carboxylic acids is 1. The van der Waals surface area contributed by atoms with Gasteiger partial charge >= 0.3 is 0 Å². The second-order valence-electron chi connectivity index (χ2n) is 4.39. The maximum Gasteiger partial charge on any atom is 0.270 e. The number of aromatic nitrogens is 1. The first-order valence-corrected chi connectivity index (χ1v) is 7.76. The van der Waals surface area contributed by atoms with Gasteiger partial charge in [-0.15, -0.1) is 0 Å². The largest absolute Gasteiger partial charge is 0.298 e. The number of thiazole rings is 1. The van der Waals surface area contributed by atoms with E-state index in [-0.39, 0.29) is 11.6 Å². The van der Waals surface area contributed by atoms with Crippen molar-refractivity contribution >= 4 is 54.2 Å². The van der Waals surface area contributed by atoms with Crippen molar-refractivity contribution in [2.75, 3.05) is 5.32 Å². The van der Waals surface area contributed by atoms with E-state index >= 15 is 0 Å². The smallest absolute Gasteiger partial charge is 0.270 e. The van der Waals surface area contributed by atoms with Gasteiger partial charge < -0.3 is 0 Å². The van der Waals surface area contributed by atoms with Crippen molar-refractivity contribution in [1.82, 2.24) is 4.98 Å². The van der Waals surface area contributed by atoms with Crippen LogP contribution in [-0.4, -0.2) is 15.8 Å². The number of carbonyl (C=O) groups is 1. The molecule has 0 aliphatic carbocycles. The minimum absolute atomic E-state index is 0.000941. The van der Waals surface area contributed by atoms with Gasteiger partial charge in [0.05, 0.1) is 15.1 Å². The summed E-state index contributed by atoms with van der Waals surface area (Å²) in [5.74, 6) is -0.283. The monoisotopic (exact) mass is 377 g/mol. The normalized spacial score (nSPS) is 10.6. The van der Waals surface area contributed by atoms with Crippen LogP contribution >= 0.6 is 27.3 Å². The molecule has 0 radical (unpaired) electrons. The minimum Gasteiger partial charge on any atom is -0.298 e. The van der Waals surface area contributed by atoms with Crippen molar-refractivity contribution in [1.29, 1.82) is 0 Å². The van der Waals surface area contributed by atoms with Crippen LogP contribution in [0.5, 0.6) is 0 Å². The van der Waals surface area contributed by atoms with E-state index < -0.39 is 4.92 Å². The summed E-state index contributed by atoms with van der Waals surface area (Å²) in [6.45, 7) is 0. The molecule has 0 atom stereocenters. The zero-order valence-corrected chi connectivity index (χ0v) is 13.3. The molecule has 2 aromatic carbocycles. The summed E-state index contributed by atoms with van der Waals surface area (Å²) < 4.78 is 1.46. The summed E-state index contributed by atoms with van der Waals surface area (Å²) in [5.41, 5.74) is 1.11. The average Bonchev–Trinajstić information content (AvgIpc) is 2.88. The van der Waals surface area contributed by atoms with E-state index in [2.05, 4.69) is 26.2 Å². The number of non-ortho nitro benzene ring substituents is 1. The van der Waals surface area contributed by atoms with Crippen LogP contribution in [-0.2, 0) is 0 Å². The number of nitro benzene ring substituents is 1. The van der Waals surface area contributed by atoms with Gasteiger partial charge in [-0.1, -0.05) is 33.3 Å². The van der Waals surface area contributed by atoms with Crippen LogP contribution < -0.4 is 5.32 Å². The zero-order chi connectivity index (χ0) is 15.7. The van der Waals surface area contributed by atoms with Gasteiger partial charge in [0.25, 0.3) is 11.6 Å². The van der Waals surface area contributed by atoms with E-state index in [1.54, 1.807) is 24.3 Å². The van der Waals surface area contributed by atoms with Crippen molar-refractivity contribution in [2.45, 2.75) is 0 Å². The third-order valence-corrected chi connectivity index (χ3v) is 4.32. The van der Waals surface area contributed by atoms with E-state index in [0.29, 0.717) is 20.9 Å². The molecule has 3 rings (SSSR count). The predicted molar refractivity (Wildman–Crippen MR) is 88.4 cm³/mol. The highest BCUT2D eigenvalue weighted by Gasteiger charge is 2.13. The van der Waals surface area contributed by atoms with Crippen molar-refractivity contribution in [2.24, 2.45) is 0 Å². The molecule has 8 heteroatoms. The topological polar surface area (TPSA) is 85.1 Å².